The van der Waals surface area contributed by atoms with Crippen LogP contribution in [0.2, 0.25) is 0 Å². The molecular formula is C19H24N4O4. The first-order valence-electron chi connectivity index (χ1n) is 9.40. The highest BCUT2D eigenvalue weighted by atomic mass is 16.4. The fraction of sp³-hybridized carbons (Fsp3) is 0.526. The topological polar surface area (TPSA) is 91.8 Å². The Balaban J connectivity index is 1.41. The number of nitrogens with zero attached hydrogens (tertiary/aromatic N) is 3. The third-order valence-corrected chi connectivity index (χ3v) is 5.26. The SMILES string of the molecule is Cc1oc(-c2ccco2)nc1CC(=O)N1CCCC(N2CCNCC2=O)C1. The lowest BCUT2D eigenvalue weighted by Gasteiger charge is -2.41. The van der Waals surface area contributed by atoms with E-state index < -0.39 is 0 Å². The van der Waals surface area contributed by atoms with Crippen molar-refractivity contribution in [2.45, 2.75) is 32.2 Å². The zero-order valence-electron chi connectivity index (χ0n) is 15.4. The van der Waals surface area contributed by atoms with Gasteiger partial charge in [0, 0.05) is 32.2 Å². The van der Waals surface area contributed by atoms with Crippen LogP contribution in [0, 0.1) is 6.92 Å². The number of nitrogens with one attached hydrogen (secondary N) is 1. The maximum absolute atomic E-state index is 12.8. The molecule has 0 saturated carbocycles. The van der Waals surface area contributed by atoms with Crippen molar-refractivity contribution >= 4 is 11.8 Å². The highest BCUT2D eigenvalue weighted by molar-refractivity contribution is 5.80. The highest BCUT2D eigenvalue weighted by Crippen LogP contribution is 2.23. The summed E-state index contributed by atoms with van der Waals surface area (Å²) in [6.07, 6.45) is 3.60. The van der Waals surface area contributed by atoms with E-state index >= 15 is 0 Å². The van der Waals surface area contributed by atoms with Gasteiger partial charge >= 0.3 is 0 Å². The number of aryl methyl sites for hydroxylation is 1. The molecule has 8 heteroatoms. The van der Waals surface area contributed by atoms with Gasteiger partial charge in [0.05, 0.1) is 24.9 Å². The lowest BCUT2D eigenvalue weighted by Crippen LogP contribution is -2.57. The van der Waals surface area contributed by atoms with Crippen molar-refractivity contribution in [3.8, 4) is 11.7 Å². The van der Waals surface area contributed by atoms with E-state index in [1.54, 1.807) is 25.3 Å². The first-order chi connectivity index (χ1) is 13.1. The Kier molecular flexibility index (Phi) is 4.98. The maximum Gasteiger partial charge on any atom is 0.263 e. The van der Waals surface area contributed by atoms with E-state index in [0.29, 0.717) is 42.7 Å². The van der Waals surface area contributed by atoms with Crippen LogP contribution in [-0.4, -0.2) is 65.4 Å². The second-order valence-electron chi connectivity index (χ2n) is 7.08. The molecule has 2 amide bonds. The Labute approximate surface area is 157 Å². The molecule has 0 radical (unpaired) electrons. The number of furan rings is 1. The average Bonchev–Trinajstić information content (AvgIpc) is 3.33. The number of oxazole rings is 1. The lowest BCUT2D eigenvalue weighted by molar-refractivity contribution is -0.140. The molecule has 2 aliphatic heterocycles. The van der Waals surface area contributed by atoms with Gasteiger partial charge in [0.15, 0.2) is 5.76 Å². The minimum Gasteiger partial charge on any atom is -0.459 e. The number of amides is 2. The van der Waals surface area contributed by atoms with Crippen molar-refractivity contribution in [1.82, 2.24) is 20.1 Å². The Hall–Kier alpha value is -2.61. The van der Waals surface area contributed by atoms with Crippen molar-refractivity contribution < 1.29 is 18.4 Å². The fourth-order valence-corrected chi connectivity index (χ4v) is 3.80. The van der Waals surface area contributed by atoms with Crippen LogP contribution in [0.1, 0.15) is 24.3 Å². The van der Waals surface area contributed by atoms with Crippen LogP contribution in [-0.2, 0) is 16.0 Å². The summed E-state index contributed by atoms with van der Waals surface area (Å²) in [5.41, 5.74) is 0.631. The number of hydrogen-bond acceptors (Lipinski definition) is 6. The van der Waals surface area contributed by atoms with E-state index in [2.05, 4.69) is 10.3 Å². The number of aromatic nitrogens is 1. The second kappa shape index (κ2) is 7.56. The summed E-state index contributed by atoms with van der Waals surface area (Å²) in [5, 5.41) is 3.09. The average molecular weight is 372 g/mol. The normalized spacial score (nSPS) is 20.9. The van der Waals surface area contributed by atoms with Gasteiger partial charge in [-0.2, -0.15) is 0 Å². The van der Waals surface area contributed by atoms with Gasteiger partial charge in [0.1, 0.15) is 5.76 Å². The summed E-state index contributed by atoms with van der Waals surface area (Å²) in [6, 6.07) is 3.65. The van der Waals surface area contributed by atoms with Crippen molar-refractivity contribution in [3.63, 3.8) is 0 Å². The molecule has 2 fully saturated rings. The van der Waals surface area contributed by atoms with E-state index in [4.69, 9.17) is 8.83 Å². The number of piperazine rings is 1. The molecule has 2 aromatic rings. The molecule has 0 aliphatic carbocycles. The Morgan fingerprint density at radius 1 is 1.41 bits per heavy atom. The largest absolute Gasteiger partial charge is 0.459 e. The monoisotopic (exact) mass is 372 g/mol. The third-order valence-electron chi connectivity index (χ3n) is 5.26. The molecule has 2 aromatic heterocycles. The molecule has 2 saturated heterocycles. The van der Waals surface area contributed by atoms with Crippen LogP contribution in [0.3, 0.4) is 0 Å². The molecule has 27 heavy (non-hydrogen) atoms. The first-order valence-corrected chi connectivity index (χ1v) is 9.40. The van der Waals surface area contributed by atoms with Crippen LogP contribution in [0.15, 0.2) is 27.2 Å². The van der Waals surface area contributed by atoms with Crippen LogP contribution in [0.4, 0.5) is 0 Å². The standard InChI is InChI=1S/C19H24N4O4/c1-13-15(21-19(27-13)16-5-3-9-26-16)10-17(24)22-7-2-4-14(12-22)23-8-6-20-11-18(23)25/h3,5,9,14,20H,2,4,6-8,10-12H2,1H3. The zero-order valence-corrected chi connectivity index (χ0v) is 15.4. The van der Waals surface area contributed by atoms with E-state index in [1.165, 1.54) is 0 Å². The lowest BCUT2D eigenvalue weighted by atomic mass is 10.0. The Morgan fingerprint density at radius 2 is 2.30 bits per heavy atom. The van der Waals surface area contributed by atoms with Crippen molar-refractivity contribution in [1.29, 1.82) is 0 Å². The number of rotatable bonds is 4. The van der Waals surface area contributed by atoms with E-state index in [1.807, 2.05) is 9.80 Å². The van der Waals surface area contributed by atoms with Gasteiger partial charge in [-0.1, -0.05) is 0 Å². The molecular weight excluding hydrogens is 348 g/mol. The van der Waals surface area contributed by atoms with Crippen molar-refractivity contribution in [2.75, 3.05) is 32.7 Å². The Morgan fingerprint density at radius 3 is 3.07 bits per heavy atom. The summed E-state index contributed by atoms with van der Waals surface area (Å²) in [6.45, 7) is 5.02. The number of carbonyl (C=O) groups is 2. The summed E-state index contributed by atoms with van der Waals surface area (Å²) in [7, 11) is 0. The quantitative estimate of drug-likeness (QED) is 0.867. The molecule has 1 unspecified atom stereocenters. The van der Waals surface area contributed by atoms with Gasteiger partial charge < -0.3 is 24.0 Å². The van der Waals surface area contributed by atoms with E-state index in [0.717, 1.165) is 25.9 Å². The van der Waals surface area contributed by atoms with Gasteiger partial charge in [-0.3, -0.25) is 9.59 Å². The molecule has 4 heterocycles. The van der Waals surface area contributed by atoms with Crippen LogP contribution < -0.4 is 5.32 Å². The minimum absolute atomic E-state index is 0.0182. The predicted octanol–water partition coefficient (Wildman–Crippen LogP) is 1.21. The summed E-state index contributed by atoms with van der Waals surface area (Å²) in [5.74, 6) is 1.71. The van der Waals surface area contributed by atoms with Crippen LogP contribution in [0.25, 0.3) is 11.7 Å². The smallest absolute Gasteiger partial charge is 0.263 e. The molecule has 144 valence electrons. The molecule has 1 N–H and O–H groups in total. The van der Waals surface area contributed by atoms with E-state index in [-0.39, 0.29) is 24.3 Å². The number of likely N-dealkylation sites (tertiary alicyclic amines) is 1. The molecule has 0 bridgehead atoms. The summed E-state index contributed by atoms with van der Waals surface area (Å²) in [4.78, 5) is 33.2. The number of piperidine rings is 1. The fourth-order valence-electron chi connectivity index (χ4n) is 3.80. The van der Waals surface area contributed by atoms with Crippen LogP contribution in [0.5, 0.6) is 0 Å². The van der Waals surface area contributed by atoms with Crippen molar-refractivity contribution in [3.05, 3.63) is 29.9 Å². The molecule has 0 spiro atoms. The van der Waals surface area contributed by atoms with E-state index in [9.17, 15) is 9.59 Å². The third kappa shape index (κ3) is 3.75. The number of hydrogen-bond donors (Lipinski definition) is 1. The van der Waals surface area contributed by atoms with Gasteiger partial charge in [-0.05, 0) is 31.9 Å². The van der Waals surface area contributed by atoms with Gasteiger partial charge in [-0.15, -0.1) is 0 Å². The van der Waals surface area contributed by atoms with Gasteiger partial charge in [-0.25, -0.2) is 4.98 Å². The molecule has 2 aliphatic rings. The molecule has 0 aromatic carbocycles. The van der Waals surface area contributed by atoms with Crippen molar-refractivity contribution in [2.24, 2.45) is 0 Å². The summed E-state index contributed by atoms with van der Waals surface area (Å²) < 4.78 is 10.9. The minimum atomic E-state index is 0.0182. The first kappa shape index (κ1) is 17.8. The van der Waals surface area contributed by atoms with Gasteiger partial charge in [0.2, 0.25) is 11.8 Å². The maximum atomic E-state index is 12.8. The molecule has 4 rings (SSSR count). The Bertz CT molecular complexity index is 814. The predicted molar refractivity (Wildman–Crippen MR) is 96.8 cm³/mol. The molecule has 1 atom stereocenters. The molecule has 8 nitrogen and oxygen atoms in total. The van der Waals surface area contributed by atoms with Crippen LogP contribution >= 0.6 is 0 Å². The summed E-state index contributed by atoms with van der Waals surface area (Å²) >= 11 is 0. The number of carbonyl (C=O) groups excluding carboxylic acids is 2. The highest BCUT2D eigenvalue weighted by Gasteiger charge is 2.32. The van der Waals surface area contributed by atoms with Gasteiger partial charge in [0.25, 0.3) is 5.89 Å². The zero-order chi connectivity index (χ0) is 18.8. The second-order valence-corrected chi connectivity index (χ2v) is 7.08.